The molecule has 0 atom stereocenters. The molecule has 14 heteroatoms. The van der Waals surface area contributed by atoms with Gasteiger partial charge in [-0.05, 0) is 64.2 Å². The van der Waals surface area contributed by atoms with Crippen LogP contribution in [-0.2, 0) is 10.0 Å². The molecule has 3 aromatic rings. The van der Waals surface area contributed by atoms with E-state index in [1.54, 1.807) is 6.20 Å². The van der Waals surface area contributed by atoms with Crippen LogP contribution in [0.3, 0.4) is 0 Å². The molecule has 1 saturated heterocycles. The third-order valence-electron chi connectivity index (χ3n) is 7.71. The van der Waals surface area contributed by atoms with Crippen molar-refractivity contribution in [1.29, 1.82) is 0 Å². The first-order valence-corrected chi connectivity index (χ1v) is 15.5. The summed E-state index contributed by atoms with van der Waals surface area (Å²) in [6.07, 6.45) is 1.64. The van der Waals surface area contributed by atoms with Crippen molar-refractivity contribution in [3.05, 3.63) is 36.4 Å². The van der Waals surface area contributed by atoms with Crippen molar-refractivity contribution < 1.29 is 31.1 Å². The first kappa shape index (κ1) is 30.6. The summed E-state index contributed by atoms with van der Waals surface area (Å²) in [4.78, 5) is 9.87. The van der Waals surface area contributed by atoms with Gasteiger partial charge in [-0.1, -0.05) is 6.07 Å². The Labute approximate surface area is 242 Å². The highest BCUT2D eigenvalue weighted by molar-refractivity contribution is 7.89. The van der Waals surface area contributed by atoms with Gasteiger partial charge in [-0.3, -0.25) is 4.90 Å². The largest absolute Gasteiger partial charge is 0.401 e. The summed E-state index contributed by atoms with van der Waals surface area (Å²) in [5.41, 5.74) is 1.46. The monoisotopic (exact) mass is 612 g/mol. The molecule has 1 aliphatic heterocycles. The fourth-order valence-electron chi connectivity index (χ4n) is 5.67. The first-order valence-electron chi connectivity index (χ1n) is 14.0. The van der Waals surface area contributed by atoms with Crippen molar-refractivity contribution in [2.75, 3.05) is 38.0 Å². The third kappa shape index (κ3) is 6.71. The molecule has 0 unspecified atom stereocenters. The van der Waals surface area contributed by atoms with E-state index in [0.29, 0.717) is 41.0 Å². The van der Waals surface area contributed by atoms with Gasteiger partial charge < -0.3 is 15.0 Å². The van der Waals surface area contributed by atoms with Gasteiger partial charge in [-0.2, -0.15) is 22.5 Å². The number of sulfonamides is 1. The van der Waals surface area contributed by atoms with Gasteiger partial charge in [0.05, 0.1) is 12.6 Å². The SMILES string of the molecule is CC(C)(C)Nc1ncc2c(-c3ccc(S(=O)(=O)N4CCN(CC(F)(F)F)CC4)c(F)c3)cn(C3CCC(O)CC3)c2n1. The van der Waals surface area contributed by atoms with Gasteiger partial charge in [0.15, 0.2) is 0 Å². The standard InChI is InChI=1S/C28H36F4N6O3S/c1-27(2,3)35-26-33-15-21-22(16-38(25(21)34-26)19-5-7-20(39)8-6-19)18-4-9-24(23(29)14-18)42(40,41)37-12-10-36(11-13-37)17-28(30,31)32/h4,9,14-16,19-20,39H,5-8,10-13,17H2,1-3H3,(H,33,34,35). The zero-order valence-corrected chi connectivity index (χ0v) is 24.6. The van der Waals surface area contributed by atoms with Gasteiger partial charge in [0.2, 0.25) is 16.0 Å². The lowest BCUT2D eigenvalue weighted by atomic mass is 9.93. The summed E-state index contributed by atoms with van der Waals surface area (Å²) >= 11 is 0. The number of halogens is 4. The van der Waals surface area contributed by atoms with Crippen LogP contribution < -0.4 is 5.32 Å². The topological polar surface area (TPSA) is 104 Å². The van der Waals surface area contributed by atoms with E-state index < -0.39 is 33.5 Å². The van der Waals surface area contributed by atoms with Crippen LogP contribution in [-0.4, -0.2) is 87.8 Å². The number of rotatable bonds is 6. The van der Waals surface area contributed by atoms with Crippen LogP contribution in [0.2, 0.25) is 0 Å². The van der Waals surface area contributed by atoms with Crippen LogP contribution in [0.4, 0.5) is 23.5 Å². The van der Waals surface area contributed by atoms with E-state index in [1.165, 1.54) is 12.1 Å². The van der Waals surface area contributed by atoms with Crippen molar-refractivity contribution in [2.24, 2.45) is 0 Å². The highest BCUT2D eigenvalue weighted by Crippen LogP contribution is 2.38. The number of aromatic nitrogens is 3. The van der Waals surface area contributed by atoms with Gasteiger partial charge in [-0.25, -0.2) is 17.8 Å². The van der Waals surface area contributed by atoms with Crippen molar-refractivity contribution in [2.45, 2.75) is 75.2 Å². The van der Waals surface area contributed by atoms with E-state index in [-0.39, 0.29) is 43.9 Å². The van der Waals surface area contributed by atoms with Crippen LogP contribution in [0, 0.1) is 5.82 Å². The van der Waals surface area contributed by atoms with Crippen LogP contribution >= 0.6 is 0 Å². The number of hydrogen-bond acceptors (Lipinski definition) is 7. The molecule has 230 valence electrons. The third-order valence-corrected chi connectivity index (χ3v) is 9.64. The van der Waals surface area contributed by atoms with Crippen molar-refractivity contribution in [1.82, 2.24) is 23.7 Å². The van der Waals surface area contributed by atoms with Gasteiger partial charge in [0, 0.05) is 61.1 Å². The molecule has 2 aliphatic rings. The summed E-state index contributed by atoms with van der Waals surface area (Å²) in [7, 11) is -4.25. The Morgan fingerprint density at radius 1 is 1.05 bits per heavy atom. The number of piperazine rings is 1. The first-order chi connectivity index (χ1) is 19.6. The number of hydrogen-bond donors (Lipinski definition) is 2. The molecule has 1 aromatic carbocycles. The maximum absolute atomic E-state index is 15.5. The fraction of sp³-hybridized carbons (Fsp3) is 0.571. The second kappa shape index (κ2) is 11.4. The molecule has 5 rings (SSSR count). The molecular weight excluding hydrogens is 576 g/mol. The Kier molecular flexibility index (Phi) is 8.29. The zero-order chi connectivity index (χ0) is 30.4. The quantitative estimate of drug-likeness (QED) is 0.386. The molecule has 0 amide bonds. The minimum absolute atomic E-state index is 0.0718. The van der Waals surface area contributed by atoms with E-state index >= 15 is 4.39 Å². The average Bonchev–Trinajstić information content (AvgIpc) is 3.26. The number of alkyl halides is 3. The molecule has 2 aromatic heterocycles. The number of benzene rings is 1. The number of nitrogens with zero attached hydrogens (tertiary/aromatic N) is 5. The Morgan fingerprint density at radius 2 is 1.71 bits per heavy atom. The van der Waals surface area contributed by atoms with E-state index in [4.69, 9.17) is 4.98 Å². The molecule has 1 aliphatic carbocycles. The lowest BCUT2D eigenvalue weighted by Crippen LogP contribution is -2.50. The van der Waals surface area contributed by atoms with E-state index in [1.807, 2.05) is 31.5 Å². The minimum Gasteiger partial charge on any atom is -0.393 e. The highest BCUT2D eigenvalue weighted by Gasteiger charge is 2.36. The van der Waals surface area contributed by atoms with Crippen molar-refractivity contribution >= 4 is 27.0 Å². The minimum atomic E-state index is -4.37. The molecular formula is C28H36F4N6O3S. The van der Waals surface area contributed by atoms with Crippen molar-refractivity contribution in [3.63, 3.8) is 0 Å². The smallest absolute Gasteiger partial charge is 0.393 e. The van der Waals surface area contributed by atoms with E-state index in [2.05, 4.69) is 10.3 Å². The van der Waals surface area contributed by atoms with Gasteiger partial charge >= 0.3 is 6.18 Å². The van der Waals surface area contributed by atoms with Crippen molar-refractivity contribution in [3.8, 4) is 11.1 Å². The highest BCUT2D eigenvalue weighted by atomic mass is 32.2. The Morgan fingerprint density at radius 3 is 2.31 bits per heavy atom. The number of aliphatic hydroxyl groups excluding tert-OH is 1. The summed E-state index contributed by atoms with van der Waals surface area (Å²) in [6, 6.07) is 3.97. The number of anilines is 1. The predicted octanol–water partition coefficient (Wildman–Crippen LogP) is 4.79. The number of nitrogens with one attached hydrogen (secondary N) is 1. The van der Waals surface area contributed by atoms with Gasteiger partial charge in [0.1, 0.15) is 16.4 Å². The molecule has 3 heterocycles. The van der Waals surface area contributed by atoms with Gasteiger partial charge in [0.25, 0.3) is 0 Å². The molecule has 0 spiro atoms. The molecule has 2 N–H and O–H groups in total. The zero-order valence-electron chi connectivity index (χ0n) is 23.8. The van der Waals surface area contributed by atoms with E-state index in [9.17, 15) is 26.7 Å². The molecule has 2 fully saturated rings. The summed E-state index contributed by atoms with van der Waals surface area (Å²) in [6.45, 7) is 4.36. The van der Waals surface area contributed by atoms with E-state index in [0.717, 1.165) is 28.1 Å². The summed E-state index contributed by atoms with van der Waals surface area (Å²) in [5, 5.41) is 14.0. The molecule has 1 saturated carbocycles. The Hall–Kier alpha value is -2.81. The summed E-state index contributed by atoms with van der Waals surface area (Å²) in [5.74, 6) is -0.501. The number of aliphatic hydroxyl groups is 1. The summed E-state index contributed by atoms with van der Waals surface area (Å²) < 4.78 is 83.2. The second-order valence-corrected chi connectivity index (χ2v) is 14.1. The van der Waals surface area contributed by atoms with Crippen LogP contribution in [0.5, 0.6) is 0 Å². The average molecular weight is 613 g/mol. The van der Waals surface area contributed by atoms with Gasteiger partial charge in [-0.15, -0.1) is 0 Å². The maximum atomic E-state index is 15.5. The normalized spacial score (nSPS) is 21.6. The molecule has 42 heavy (non-hydrogen) atoms. The Bertz CT molecular complexity index is 1540. The van der Waals surface area contributed by atoms with Crippen LogP contribution in [0.1, 0.15) is 52.5 Å². The lowest BCUT2D eigenvalue weighted by molar-refractivity contribution is -0.148. The fourth-order valence-corrected chi connectivity index (χ4v) is 7.14. The number of fused-ring (bicyclic) bond motifs is 1. The predicted molar refractivity (Wildman–Crippen MR) is 151 cm³/mol. The maximum Gasteiger partial charge on any atom is 0.401 e. The Balaban J connectivity index is 1.46. The van der Waals surface area contributed by atoms with Crippen LogP contribution in [0.25, 0.3) is 22.2 Å². The second-order valence-electron chi connectivity index (χ2n) is 12.2. The lowest BCUT2D eigenvalue weighted by Gasteiger charge is -2.34. The molecule has 9 nitrogen and oxygen atoms in total. The molecule has 0 bridgehead atoms. The van der Waals surface area contributed by atoms with Crippen LogP contribution in [0.15, 0.2) is 35.5 Å². The molecule has 0 radical (unpaired) electrons.